The van der Waals surface area contributed by atoms with Gasteiger partial charge in [-0.25, -0.2) is 4.98 Å². The summed E-state index contributed by atoms with van der Waals surface area (Å²) in [6.45, 7) is 3.46. The third-order valence-corrected chi connectivity index (χ3v) is 3.94. The molecule has 0 bridgehead atoms. The first-order valence-corrected chi connectivity index (χ1v) is 7.50. The molecule has 0 spiro atoms. The lowest BCUT2D eigenvalue weighted by atomic mass is 10.3. The first-order chi connectivity index (χ1) is 10.8. The van der Waals surface area contributed by atoms with Crippen molar-refractivity contribution in [3.63, 3.8) is 0 Å². The molecule has 0 saturated carbocycles. The maximum atomic E-state index is 9.05. The van der Waals surface area contributed by atoms with Gasteiger partial charge in [0.15, 0.2) is 11.5 Å². The molecule has 0 aliphatic carbocycles. The van der Waals surface area contributed by atoms with E-state index in [-0.39, 0.29) is 5.69 Å². The number of nitriles is 1. The van der Waals surface area contributed by atoms with E-state index in [1.165, 1.54) is 0 Å². The summed E-state index contributed by atoms with van der Waals surface area (Å²) in [6, 6.07) is 9.48. The monoisotopic (exact) mass is 314 g/mol. The standard InChI is InChI=1S/C15H15ClN6/c16-12-4-5-14(19-13(12)11-17)21-7-2-8-22(10-9-21)15-3-1-6-18-20-15/h1,3-6H,2,7-10H2. The first kappa shape index (κ1) is 14.5. The van der Waals surface area contributed by atoms with Crippen molar-refractivity contribution in [3.05, 3.63) is 41.2 Å². The molecule has 0 aromatic carbocycles. The predicted octanol–water partition coefficient (Wildman–Crippen LogP) is 2.11. The van der Waals surface area contributed by atoms with Crippen molar-refractivity contribution in [3.8, 4) is 6.07 Å². The molecule has 2 aromatic heterocycles. The second kappa shape index (κ2) is 6.58. The van der Waals surface area contributed by atoms with Crippen molar-refractivity contribution in [2.24, 2.45) is 0 Å². The van der Waals surface area contributed by atoms with Gasteiger partial charge in [0, 0.05) is 32.4 Å². The van der Waals surface area contributed by atoms with Crippen molar-refractivity contribution in [1.82, 2.24) is 15.2 Å². The van der Waals surface area contributed by atoms with Crippen molar-refractivity contribution in [2.75, 3.05) is 36.0 Å². The van der Waals surface area contributed by atoms with Crippen LogP contribution in [0.3, 0.4) is 0 Å². The van der Waals surface area contributed by atoms with E-state index in [0.29, 0.717) is 5.02 Å². The molecule has 1 aliphatic heterocycles. The van der Waals surface area contributed by atoms with Gasteiger partial charge >= 0.3 is 0 Å². The predicted molar refractivity (Wildman–Crippen MR) is 85.0 cm³/mol. The summed E-state index contributed by atoms with van der Waals surface area (Å²) >= 11 is 5.94. The van der Waals surface area contributed by atoms with Gasteiger partial charge in [-0.05, 0) is 30.7 Å². The van der Waals surface area contributed by atoms with Gasteiger partial charge < -0.3 is 9.80 Å². The molecule has 1 fully saturated rings. The van der Waals surface area contributed by atoms with Gasteiger partial charge in [0.25, 0.3) is 0 Å². The van der Waals surface area contributed by atoms with E-state index in [2.05, 4.69) is 25.0 Å². The lowest BCUT2D eigenvalue weighted by Crippen LogP contribution is -2.31. The molecule has 112 valence electrons. The second-order valence-corrected chi connectivity index (χ2v) is 5.43. The quantitative estimate of drug-likeness (QED) is 0.845. The summed E-state index contributed by atoms with van der Waals surface area (Å²) in [7, 11) is 0. The third-order valence-electron chi connectivity index (χ3n) is 3.64. The Hall–Kier alpha value is -2.39. The Balaban J connectivity index is 1.74. The molecule has 3 rings (SSSR count). The van der Waals surface area contributed by atoms with Gasteiger partial charge in [-0.3, -0.25) is 0 Å². The summed E-state index contributed by atoms with van der Waals surface area (Å²) in [5.41, 5.74) is 0.272. The summed E-state index contributed by atoms with van der Waals surface area (Å²) in [4.78, 5) is 8.73. The zero-order valence-corrected chi connectivity index (χ0v) is 12.7. The molecule has 0 atom stereocenters. The zero-order valence-electron chi connectivity index (χ0n) is 12.0. The number of hydrogen-bond acceptors (Lipinski definition) is 6. The number of nitrogens with zero attached hydrogens (tertiary/aromatic N) is 6. The summed E-state index contributed by atoms with van der Waals surface area (Å²) in [6.07, 6.45) is 2.66. The van der Waals surface area contributed by atoms with Crippen molar-refractivity contribution in [2.45, 2.75) is 6.42 Å². The van der Waals surface area contributed by atoms with Crippen LogP contribution in [-0.4, -0.2) is 41.4 Å². The van der Waals surface area contributed by atoms with Gasteiger partial charge in [-0.2, -0.15) is 10.4 Å². The van der Waals surface area contributed by atoms with E-state index < -0.39 is 0 Å². The third kappa shape index (κ3) is 3.10. The van der Waals surface area contributed by atoms with E-state index in [0.717, 1.165) is 44.2 Å². The summed E-state index contributed by atoms with van der Waals surface area (Å²) in [5.74, 6) is 1.69. The Morgan fingerprint density at radius 2 is 1.82 bits per heavy atom. The normalized spacial score (nSPS) is 15.3. The largest absolute Gasteiger partial charge is 0.355 e. The Morgan fingerprint density at radius 3 is 2.50 bits per heavy atom. The molecule has 6 nitrogen and oxygen atoms in total. The van der Waals surface area contributed by atoms with E-state index in [1.807, 2.05) is 24.3 Å². The van der Waals surface area contributed by atoms with E-state index >= 15 is 0 Å². The highest BCUT2D eigenvalue weighted by Gasteiger charge is 2.18. The minimum Gasteiger partial charge on any atom is -0.355 e. The molecular formula is C15H15ClN6. The van der Waals surface area contributed by atoms with Gasteiger partial charge in [0.1, 0.15) is 11.9 Å². The molecule has 2 aromatic rings. The maximum absolute atomic E-state index is 9.05. The Bertz CT molecular complexity index is 684. The van der Waals surface area contributed by atoms with Crippen LogP contribution in [0.4, 0.5) is 11.6 Å². The lowest BCUT2D eigenvalue weighted by molar-refractivity contribution is 0.785. The number of pyridine rings is 1. The van der Waals surface area contributed by atoms with Gasteiger partial charge in [0.2, 0.25) is 0 Å². The van der Waals surface area contributed by atoms with Crippen LogP contribution in [0.5, 0.6) is 0 Å². The van der Waals surface area contributed by atoms with Gasteiger partial charge in [0.05, 0.1) is 5.02 Å². The number of anilines is 2. The van der Waals surface area contributed by atoms with Crippen molar-refractivity contribution in [1.29, 1.82) is 5.26 Å². The molecule has 0 amide bonds. The van der Waals surface area contributed by atoms with Crippen molar-refractivity contribution >= 4 is 23.2 Å². The Morgan fingerprint density at radius 1 is 1.05 bits per heavy atom. The highest BCUT2D eigenvalue weighted by molar-refractivity contribution is 6.31. The maximum Gasteiger partial charge on any atom is 0.161 e. The summed E-state index contributed by atoms with van der Waals surface area (Å²) in [5, 5.41) is 17.5. The zero-order chi connectivity index (χ0) is 15.4. The number of rotatable bonds is 2. The fourth-order valence-electron chi connectivity index (χ4n) is 2.52. The van der Waals surface area contributed by atoms with Crippen molar-refractivity contribution < 1.29 is 0 Å². The number of aromatic nitrogens is 3. The fourth-order valence-corrected chi connectivity index (χ4v) is 2.67. The molecule has 7 heteroatoms. The Labute approximate surface area is 134 Å². The Kier molecular flexibility index (Phi) is 4.35. The number of halogens is 1. The van der Waals surface area contributed by atoms with Crippen LogP contribution in [0.15, 0.2) is 30.5 Å². The van der Waals surface area contributed by atoms with Crippen LogP contribution in [0.1, 0.15) is 12.1 Å². The minimum absolute atomic E-state index is 0.272. The van der Waals surface area contributed by atoms with E-state index in [9.17, 15) is 0 Å². The van der Waals surface area contributed by atoms with Crippen LogP contribution < -0.4 is 9.80 Å². The molecular weight excluding hydrogens is 300 g/mol. The van der Waals surface area contributed by atoms with Crippen LogP contribution in [0.2, 0.25) is 5.02 Å². The molecule has 3 heterocycles. The molecule has 1 aliphatic rings. The molecule has 0 radical (unpaired) electrons. The van der Waals surface area contributed by atoms with Crippen LogP contribution >= 0.6 is 11.6 Å². The van der Waals surface area contributed by atoms with Crippen LogP contribution in [0.25, 0.3) is 0 Å². The van der Waals surface area contributed by atoms with E-state index in [4.69, 9.17) is 16.9 Å². The smallest absolute Gasteiger partial charge is 0.161 e. The van der Waals surface area contributed by atoms with Gasteiger partial charge in [-0.15, -0.1) is 5.10 Å². The highest BCUT2D eigenvalue weighted by Crippen LogP contribution is 2.21. The molecule has 1 saturated heterocycles. The number of hydrogen-bond donors (Lipinski definition) is 0. The topological polar surface area (TPSA) is 68.9 Å². The highest BCUT2D eigenvalue weighted by atomic mass is 35.5. The molecule has 22 heavy (non-hydrogen) atoms. The SMILES string of the molecule is N#Cc1nc(N2CCCN(c3cccnn3)CC2)ccc1Cl. The lowest BCUT2D eigenvalue weighted by Gasteiger charge is -2.23. The second-order valence-electron chi connectivity index (χ2n) is 5.02. The summed E-state index contributed by atoms with van der Waals surface area (Å²) < 4.78 is 0. The average Bonchev–Trinajstić information content (AvgIpc) is 2.82. The molecule has 0 unspecified atom stereocenters. The molecule has 0 N–H and O–H groups in total. The van der Waals surface area contributed by atoms with Gasteiger partial charge in [-0.1, -0.05) is 11.6 Å². The van der Waals surface area contributed by atoms with Crippen LogP contribution in [-0.2, 0) is 0 Å². The first-order valence-electron chi connectivity index (χ1n) is 7.12. The van der Waals surface area contributed by atoms with Crippen LogP contribution in [0, 0.1) is 11.3 Å². The minimum atomic E-state index is 0.272. The van der Waals surface area contributed by atoms with E-state index in [1.54, 1.807) is 12.3 Å². The average molecular weight is 315 g/mol. The fraction of sp³-hybridized carbons (Fsp3) is 0.333.